The van der Waals surface area contributed by atoms with Crippen molar-refractivity contribution in [2.24, 2.45) is 0 Å². The van der Waals surface area contributed by atoms with E-state index in [-0.39, 0.29) is 0 Å². The van der Waals surface area contributed by atoms with Crippen LogP contribution in [-0.2, 0) is 6.42 Å². The molecule has 0 radical (unpaired) electrons. The highest BCUT2D eigenvalue weighted by molar-refractivity contribution is 8.22. The number of thioether (sulfide) groups is 2. The van der Waals surface area contributed by atoms with Crippen molar-refractivity contribution in [2.45, 2.75) is 24.5 Å². The van der Waals surface area contributed by atoms with Crippen molar-refractivity contribution >= 4 is 40.1 Å². The van der Waals surface area contributed by atoms with Crippen LogP contribution in [0.15, 0.2) is 18.2 Å². The molecule has 4 nitrogen and oxygen atoms in total. The van der Waals surface area contributed by atoms with Crippen LogP contribution in [0.5, 0.6) is 11.5 Å². The van der Waals surface area contributed by atoms with E-state index in [2.05, 4.69) is 33.7 Å². The summed E-state index contributed by atoms with van der Waals surface area (Å²) in [4.78, 5) is 4.87. The Labute approximate surface area is 164 Å². The van der Waals surface area contributed by atoms with Gasteiger partial charge in [0.05, 0.1) is 26.8 Å². The predicted octanol–water partition coefficient (Wildman–Crippen LogP) is 3.69. The molecule has 0 aromatic heterocycles. The quantitative estimate of drug-likeness (QED) is 0.646. The van der Waals surface area contributed by atoms with E-state index in [0.717, 1.165) is 53.1 Å². The Bertz CT molecular complexity index is 594. The summed E-state index contributed by atoms with van der Waals surface area (Å²) < 4.78 is 11.8. The fourth-order valence-corrected chi connectivity index (χ4v) is 5.60. The number of methoxy groups -OCH3 is 2. The third-order valence-corrected chi connectivity index (χ3v) is 7.60. The molecular formula is C18H26N2O2S3. The van der Waals surface area contributed by atoms with E-state index in [0.29, 0.717) is 0 Å². The molecule has 2 aliphatic rings. The smallest absolute Gasteiger partial charge is 0.160 e. The Morgan fingerprint density at radius 3 is 2.80 bits per heavy atom. The molecule has 1 atom stereocenters. The summed E-state index contributed by atoms with van der Waals surface area (Å²) in [5.41, 5.74) is 1.27. The number of nitrogens with zero attached hydrogens (tertiary/aromatic N) is 2. The minimum Gasteiger partial charge on any atom is -0.493 e. The molecule has 0 aliphatic carbocycles. The van der Waals surface area contributed by atoms with Crippen LogP contribution in [-0.4, -0.2) is 65.0 Å². The minimum absolute atomic E-state index is 0.754. The molecular weight excluding hydrogens is 372 g/mol. The number of hydrogen-bond donors (Lipinski definition) is 0. The van der Waals surface area contributed by atoms with Crippen molar-refractivity contribution in [2.75, 3.05) is 45.6 Å². The van der Waals surface area contributed by atoms with Gasteiger partial charge in [-0.3, -0.25) is 4.90 Å². The van der Waals surface area contributed by atoms with Gasteiger partial charge >= 0.3 is 0 Å². The van der Waals surface area contributed by atoms with Crippen LogP contribution in [0.1, 0.15) is 18.4 Å². The van der Waals surface area contributed by atoms with Gasteiger partial charge in [-0.25, -0.2) is 0 Å². The van der Waals surface area contributed by atoms with E-state index in [1.807, 2.05) is 6.07 Å². The van der Waals surface area contributed by atoms with Crippen LogP contribution < -0.4 is 9.47 Å². The maximum atomic E-state index is 5.58. The van der Waals surface area contributed by atoms with Gasteiger partial charge in [-0.15, -0.1) is 0 Å². The first-order valence-corrected chi connectivity index (χ1v) is 11.1. The van der Waals surface area contributed by atoms with Gasteiger partial charge in [0.2, 0.25) is 0 Å². The largest absolute Gasteiger partial charge is 0.493 e. The fraction of sp³-hybridized carbons (Fsp3) is 0.611. The van der Waals surface area contributed by atoms with Crippen LogP contribution >= 0.6 is 35.7 Å². The molecule has 0 spiro atoms. The van der Waals surface area contributed by atoms with Crippen LogP contribution in [0.2, 0.25) is 0 Å². The van der Waals surface area contributed by atoms with Gasteiger partial charge in [-0.2, -0.15) is 11.8 Å². The van der Waals surface area contributed by atoms with Crippen LogP contribution in [0, 0.1) is 0 Å². The average molecular weight is 399 g/mol. The van der Waals surface area contributed by atoms with Gasteiger partial charge in [0, 0.05) is 18.3 Å². The first-order valence-electron chi connectivity index (χ1n) is 8.66. The highest BCUT2D eigenvalue weighted by Crippen LogP contribution is 2.30. The molecule has 1 aromatic carbocycles. The van der Waals surface area contributed by atoms with Gasteiger partial charge in [0.15, 0.2) is 11.5 Å². The van der Waals surface area contributed by atoms with E-state index < -0.39 is 0 Å². The third kappa shape index (κ3) is 5.18. The first-order chi connectivity index (χ1) is 12.2. The van der Waals surface area contributed by atoms with Gasteiger partial charge in [-0.1, -0.05) is 30.0 Å². The predicted molar refractivity (Wildman–Crippen MR) is 112 cm³/mol. The number of benzene rings is 1. The van der Waals surface area contributed by atoms with Crippen molar-refractivity contribution in [1.82, 2.24) is 9.80 Å². The van der Waals surface area contributed by atoms with Crippen molar-refractivity contribution in [3.8, 4) is 11.5 Å². The normalized spacial score (nSPS) is 21.6. The van der Waals surface area contributed by atoms with Crippen molar-refractivity contribution in [3.05, 3.63) is 23.8 Å². The molecule has 1 aromatic rings. The molecule has 2 fully saturated rings. The maximum Gasteiger partial charge on any atom is 0.160 e. The second kappa shape index (κ2) is 9.35. The van der Waals surface area contributed by atoms with Gasteiger partial charge in [-0.05, 0) is 42.7 Å². The van der Waals surface area contributed by atoms with Crippen molar-refractivity contribution < 1.29 is 9.47 Å². The Hall–Kier alpha value is -0.630. The van der Waals surface area contributed by atoms with Crippen molar-refractivity contribution in [1.29, 1.82) is 0 Å². The zero-order valence-electron chi connectivity index (χ0n) is 14.9. The topological polar surface area (TPSA) is 24.9 Å². The number of hydrogen-bond acceptors (Lipinski definition) is 6. The maximum absolute atomic E-state index is 5.58. The second-order valence-electron chi connectivity index (χ2n) is 6.37. The number of rotatable bonds is 7. The molecule has 0 N–H and O–H groups in total. The summed E-state index contributed by atoms with van der Waals surface area (Å²) in [6.45, 7) is 3.08. The molecule has 1 unspecified atom stereocenters. The molecule has 2 aliphatic heterocycles. The lowest BCUT2D eigenvalue weighted by atomic mass is 10.1. The lowest BCUT2D eigenvalue weighted by Crippen LogP contribution is -2.47. The van der Waals surface area contributed by atoms with E-state index in [1.165, 1.54) is 24.2 Å². The summed E-state index contributed by atoms with van der Waals surface area (Å²) >= 11 is 9.47. The number of ether oxygens (including phenoxy) is 2. The zero-order chi connectivity index (χ0) is 17.6. The number of thiocarbonyl (C=S) groups is 1. The SMILES string of the molecule is COc1ccc(CCN2CSC(=S)N(CC3CCCS3)C2)cc1OC. The standard InChI is InChI=1S/C18H26N2O2S3/c1-21-16-6-5-14(10-17(16)22-2)7-8-19-12-20(18(23)25-13-19)11-15-4-3-9-24-15/h5-6,10,15H,3-4,7-9,11-13H2,1-2H3. The van der Waals surface area contributed by atoms with E-state index in [4.69, 9.17) is 21.7 Å². The van der Waals surface area contributed by atoms with Crippen LogP contribution in [0.25, 0.3) is 0 Å². The molecule has 138 valence electrons. The highest BCUT2D eigenvalue weighted by Gasteiger charge is 2.25. The molecule has 0 saturated carbocycles. The summed E-state index contributed by atoms with van der Waals surface area (Å²) in [6.07, 6.45) is 3.69. The van der Waals surface area contributed by atoms with Crippen LogP contribution in [0.3, 0.4) is 0 Å². The van der Waals surface area contributed by atoms with Gasteiger partial charge in [0.25, 0.3) is 0 Å². The zero-order valence-corrected chi connectivity index (χ0v) is 17.4. The molecule has 2 heterocycles. The first kappa shape index (κ1) is 19.1. The molecule has 3 rings (SSSR count). The van der Waals surface area contributed by atoms with Crippen LogP contribution in [0.4, 0.5) is 0 Å². The second-order valence-corrected chi connectivity index (χ2v) is 9.36. The lowest BCUT2D eigenvalue weighted by Gasteiger charge is -2.37. The molecule has 25 heavy (non-hydrogen) atoms. The molecule has 7 heteroatoms. The third-order valence-electron chi connectivity index (χ3n) is 4.61. The summed E-state index contributed by atoms with van der Waals surface area (Å²) in [6, 6.07) is 6.18. The highest BCUT2D eigenvalue weighted by atomic mass is 32.2. The molecule has 0 bridgehead atoms. The minimum atomic E-state index is 0.754. The lowest BCUT2D eigenvalue weighted by molar-refractivity contribution is 0.214. The summed E-state index contributed by atoms with van der Waals surface area (Å²) in [5.74, 6) is 3.88. The average Bonchev–Trinajstić information content (AvgIpc) is 3.15. The Morgan fingerprint density at radius 1 is 1.24 bits per heavy atom. The monoisotopic (exact) mass is 398 g/mol. The Balaban J connectivity index is 1.53. The fourth-order valence-electron chi connectivity index (χ4n) is 3.20. The van der Waals surface area contributed by atoms with E-state index in [1.54, 1.807) is 26.0 Å². The summed E-state index contributed by atoms with van der Waals surface area (Å²) in [7, 11) is 3.35. The van der Waals surface area contributed by atoms with Gasteiger partial charge in [0.1, 0.15) is 4.32 Å². The Morgan fingerprint density at radius 2 is 2.08 bits per heavy atom. The summed E-state index contributed by atoms with van der Waals surface area (Å²) in [5, 5.41) is 0.754. The molecule has 0 amide bonds. The van der Waals surface area contributed by atoms with Crippen molar-refractivity contribution in [3.63, 3.8) is 0 Å². The van der Waals surface area contributed by atoms with E-state index >= 15 is 0 Å². The van der Waals surface area contributed by atoms with E-state index in [9.17, 15) is 0 Å². The molecule has 2 saturated heterocycles. The Kier molecular flexibility index (Phi) is 7.16. The van der Waals surface area contributed by atoms with Gasteiger partial charge < -0.3 is 14.4 Å².